The first-order valence-electron chi connectivity index (χ1n) is 14.0. The molecule has 1 aromatic heterocycles. The lowest BCUT2D eigenvalue weighted by molar-refractivity contribution is 0.00688. The minimum Gasteiger partial charge on any atom is -0.456 e. The number of nitriles is 1. The third-order valence-corrected chi connectivity index (χ3v) is 6.50. The van der Waals surface area contributed by atoms with Crippen molar-refractivity contribution in [2.24, 2.45) is 4.99 Å². The summed E-state index contributed by atoms with van der Waals surface area (Å²) in [5, 5.41) is 12.8. The third-order valence-electron chi connectivity index (χ3n) is 6.50. The van der Waals surface area contributed by atoms with Crippen LogP contribution in [0, 0.1) is 11.3 Å². The van der Waals surface area contributed by atoms with E-state index >= 15 is 0 Å². The molecule has 0 amide bonds. The number of rotatable bonds is 9. The van der Waals surface area contributed by atoms with E-state index in [0.29, 0.717) is 18.1 Å². The number of nitrogen functional groups attached to an aromatic ring is 1. The summed E-state index contributed by atoms with van der Waals surface area (Å²) in [5.74, 6) is 1.25. The molecule has 224 valence electrons. The molecule has 5 rings (SSSR count). The first kappa shape index (κ1) is 29.8. The minimum atomic E-state index is -0.750. The lowest BCUT2D eigenvalue weighted by atomic mass is 10.1. The number of nitrogens with one attached hydrogen (secondary N) is 1. The molecule has 44 heavy (non-hydrogen) atoms. The van der Waals surface area contributed by atoms with Crippen molar-refractivity contribution >= 4 is 23.3 Å². The molecule has 11 heteroatoms. The fourth-order valence-electron chi connectivity index (χ4n) is 4.42. The van der Waals surface area contributed by atoms with Crippen LogP contribution in [0.4, 0.5) is 11.5 Å². The van der Waals surface area contributed by atoms with Gasteiger partial charge in [-0.3, -0.25) is 4.99 Å². The largest absolute Gasteiger partial charge is 0.456 e. The van der Waals surface area contributed by atoms with Crippen molar-refractivity contribution in [1.82, 2.24) is 14.9 Å². The van der Waals surface area contributed by atoms with E-state index < -0.39 is 11.6 Å². The van der Waals surface area contributed by atoms with Gasteiger partial charge in [0.15, 0.2) is 5.82 Å². The maximum Gasteiger partial charge on any atom is 0.340 e. The van der Waals surface area contributed by atoms with Gasteiger partial charge >= 0.3 is 12.0 Å². The summed E-state index contributed by atoms with van der Waals surface area (Å²) in [7, 11) is 1.99. The first-order valence-corrected chi connectivity index (χ1v) is 14.0. The number of nitrogens with zero attached hydrogens (tertiary/aromatic N) is 5. The number of ether oxygens (including phenoxy) is 3. The number of carbonyl (C=O) groups excluding carboxylic acids is 1. The van der Waals surface area contributed by atoms with Gasteiger partial charge in [0.2, 0.25) is 0 Å². The van der Waals surface area contributed by atoms with Gasteiger partial charge in [-0.05, 0) is 56.7 Å². The second kappa shape index (κ2) is 12.7. The van der Waals surface area contributed by atoms with Crippen LogP contribution in [0.1, 0.15) is 47.8 Å². The molecule has 0 atom stereocenters. The predicted molar refractivity (Wildman–Crippen MR) is 167 cm³/mol. The number of hydrogen-bond donors (Lipinski definition) is 2. The summed E-state index contributed by atoms with van der Waals surface area (Å²) in [6, 6.07) is 23.7. The monoisotopic (exact) mass is 591 g/mol. The molecule has 0 aliphatic carbocycles. The summed E-state index contributed by atoms with van der Waals surface area (Å²) in [6.45, 7) is 7.27. The van der Waals surface area contributed by atoms with Gasteiger partial charge in [0.25, 0.3) is 5.88 Å². The average molecular weight is 592 g/mol. The van der Waals surface area contributed by atoms with Crippen LogP contribution in [0.5, 0.6) is 23.4 Å². The van der Waals surface area contributed by atoms with Gasteiger partial charge in [-0.2, -0.15) is 15.2 Å². The Balaban J connectivity index is 1.48. The van der Waals surface area contributed by atoms with E-state index in [2.05, 4.69) is 25.2 Å². The number of nitrogens with two attached hydrogens (primary N) is 1. The Kier molecular flexibility index (Phi) is 8.62. The molecule has 1 aliphatic heterocycles. The van der Waals surface area contributed by atoms with Gasteiger partial charge in [-0.1, -0.05) is 42.5 Å². The number of esters is 1. The number of aliphatic imine (C=N–C) groups is 1. The van der Waals surface area contributed by atoms with E-state index in [1.54, 1.807) is 32.9 Å². The predicted octanol–water partition coefficient (Wildman–Crippen LogP) is 5.77. The van der Waals surface area contributed by atoms with Gasteiger partial charge in [0.05, 0.1) is 17.7 Å². The Morgan fingerprint density at radius 2 is 1.80 bits per heavy atom. The van der Waals surface area contributed by atoms with Gasteiger partial charge in [0.1, 0.15) is 34.7 Å². The van der Waals surface area contributed by atoms with Crippen LogP contribution in [-0.2, 0) is 11.3 Å². The molecule has 0 saturated heterocycles. The number of benzene rings is 3. The lowest BCUT2D eigenvalue weighted by Crippen LogP contribution is -2.24. The molecular weight excluding hydrogens is 558 g/mol. The highest BCUT2D eigenvalue weighted by molar-refractivity contribution is 6.00. The van der Waals surface area contributed by atoms with Crippen LogP contribution >= 0.6 is 0 Å². The molecule has 1 aliphatic rings. The lowest BCUT2D eigenvalue weighted by Gasteiger charge is -2.20. The molecule has 0 bridgehead atoms. The molecule has 0 saturated carbocycles. The van der Waals surface area contributed by atoms with Crippen molar-refractivity contribution in [2.75, 3.05) is 31.2 Å². The zero-order chi connectivity index (χ0) is 31.3. The van der Waals surface area contributed by atoms with Crippen molar-refractivity contribution in [3.8, 4) is 29.5 Å². The SMILES string of the molecule is CN1CCN=C1c1cccc(Oc2nc(NCc3ccccc3)c(N)c(Oc3ccc(C#N)c(C(=O)OC(C)(C)C)c3)n2)c1. The van der Waals surface area contributed by atoms with E-state index in [4.69, 9.17) is 19.9 Å². The van der Waals surface area contributed by atoms with E-state index in [9.17, 15) is 10.1 Å². The van der Waals surface area contributed by atoms with Crippen LogP contribution in [0.2, 0.25) is 0 Å². The zero-order valence-corrected chi connectivity index (χ0v) is 25.0. The molecular formula is C33H33N7O4. The molecule has 0 fully saturated rings. The van der Waals surface area contributed by atoms with E-state index in [1.165, 1.54) is 12.1 Å². The summed E-state index contributed by atoms with van der Waals surface area (Å²) in [4.78, 5) is 28.5. The topological polar surface area (TPSA) is 148 Å². The fraction of sp³-hybridized carbons (Fsp3) is 0.242. The molecule has 0 radical (unpaired) electrons. The van der Waals surface area contributed by atoms with Crippen molar-refractivity contribution in [3.63, 3.8) is 0 Å². The molecule has 11 nitrogen and oxygen atoms in total. The molecule has 0 spiro atoms. The fourth-order valence-corrected chi connectivity index (χ4v) is 4.42. The maximum atomic E-state index is 12.9. The third kappa shape index (κ3) is 7.22. The zero-order valence-electron chi connectivity index (χ0n) is 25.0. The van der Waals surface area contributed by atoms with Gasteiger partial charge in [-0.25, -0.2) is 4.79 Å². The number of aromatic nitrogens is 2. The van der Waals surface area contributed by atoms with Crippen molar-refractivity contribution in [3.05, 3.63) is 95.1 Å². The molecule has 4 aromatic rings. The second-order valence-corrected chi connectivity index (χ2v) is 11.1. The highest BCUT2D eigenvalue weighted by Gasteiger charge is 2.23. The summed E-state index contributed by atoms with van der Waals surface area (Å²) in [6.07, 6.45) is 0. The number of amidine groups is 1. The minimum absolute atomic E-state index is 0.00136. The normalized spacial score (nSPS) is 12.7. The van der Waals surface area contributed by atoms with Crippen molar-refractivity contribution in [2.45, 2.75) is 32.9 Å². The van der Waals surface area contributed by atoms with Crippen LogP contribution < -0.4 is 20.5 Å². The molecule has 2 heterocycles. The maximum absolute atomic E-state index is 12.9. The molecule has 3 N–H and O–H groups in total. The van der Waals surface area contributed by atoms with Gasteiger partial charge < -0.3 is 30.2 Å². The number of likely N-dealkylation sites (N-methyl/N-ethyl adjacent to an activating group) is 1. The Morgan fingerprint density at radius 1 is 1.02 bits per heavy atom. The summed E-state index contributed by atoms with van der Waals surface area (Å²) >= 11 is 0. The van der Waals surface area contributed by atoms with Crippen LogP contribution in [0.3, 0.4) is 0 Å². The molecule has 0 unspecified atom stereocenters. The van der Waals surface area contributed by atoms with Crippen LogP contribution in [-0.4, -0.2) is 52.4 Å². The van der Waals surface area contributed by atoms with E-state index in [1.807, 2.05) is 61.6 Å². The second-order valence-electron chi connectivity index (χ2n) is 11.1. The Morgan fingerprint density at radius 3 is 2.50 bits per heavy atom. The summed E-state index contributed by atoms with van der Waals surface area (Å²) in [5.41, 5.74) is 7.99. The summed E-state index contributed by atoms with van der Waals surface area (Å²) < 4.78 is 17.7. The van der Waals surface area contributed by atoms with Crippen LogP contribution in [0.25, 0.3) is 0 Å². The Labute approximate surface area is 255 Å². The first-order chi connectivity index (χ1) is 21.1. The van der Waals surface area contributed by atoms with E-state index in [0.717, 1.165) is 30.1 Å². The smallest absolute Gasteiger partial charge is 0.340 e. The van der Waals surface area contributed by atoms with Crippen molar-refractivity contribution in [1.29, 1.82) is 5.26 Å². The molecule has 3 aromatic carbocycles. The average Bonchev–Trinajstić information content (AvgIpc) is 3.43. The van der Waals surface area contributed by atoms with Gasteiger partial charge in [0, 0.05) is 25.7 Å². The Bertz CT molecular complexity index is 1740. The highest BCUT2D eigenvalue weighted by Crippen LogP contribution is 2.35. The van der Waals surface area contributed by atoms with Crippen LogP contribution in [0.15, 0.2) is 77.8 Å². The highest BCUT2D eigenvalue weighted by atomic mass is 16.6. The number of anilines is 2. The van der Waals surface area contributed by atoms with E-state index in [-0.39, 0.29) is 34.5 Å². The Hall–Kier alpha value is -5.63. The van der Waals surface area contributed by atoms with Crippen molar-refractivity contribution < 1.29 is 19.0 Å². The number of carbonyl (C=O) groups is 1. The number of hydrogen-bond acceptors (Lipinski definition) is 11. The standard InChI is InChI=1S/C33H33N7O4/c1-33(2,3)44-31(41)26-18-25(14-13-23(26)19-34)42-30-27(35)28(37-20-21-9-6-5-7-10-21)38-32(39-30)43-24-12-8-11-22(17-24)29-36-15-16-40(29)4/h5-14,17-18H,15-16,20,35H2,1-4H3,(H,37,38,39). The quantitative estimate of drug-likeness (QED) is 0.230. The van der Waals surface area contributed by atoms with Gasteiger partial charge in [-0.15, -0.1) is 0 Å².